The van der Waals surface area contributed by atoms with E-state index in [1.165, 1.54) is 12.1 Å². The first-order valence-corrected chi connectivity index (χ1v) is 6.71. The van der Waals surface area contributed by atoms with Gasteiger partial charge in [-0.2, -0.15) is 13.2 Å². The van der Waals surface area contributed by atoms with E-state index in [4.69, 9.17) is 11.6 Å². The zero-order valence-electron chi connectivity index (χ0n) is 9.95. The summed E-state index contributed by atoms with van der Waals surface area (Å²) in [4.78, 5) is 12.2. The molecule has 0 bridgehead atoms. The van der Waals surface area contributed by atoms with Crippen LogP contribution in [0.2, 0.25) is 0 Å². The fraction of sp³-hybridized carbons (Fsp3) is 0.0714. The Morgan fingerprint density at radius 3 is 2.40 bits per heavy atom. The first kappa shape index (κ1) is 14.9. The predicted molar refractivity (Wildman–Crippen MR) is 72.2 cm³/mol. The Morgan fingerprint density at radius 1 is 1.05 bits per heavy atom. The van der Waals surface area contributed by atoms with Crippen LogP contribution >= 0.6 is 23.4 Å². The third-order valence-electron chi connectivity index (χ3n) is 2.49. The van der Waals surface area contributed by atoms with Gasteiger partial charge in [0.15, 0.2) is 0 Å². The predicted octanol–water partition coefficient (Wildman–Crippen LogP) is 5.24. The second kappa shape index (κ2) is 5.89. The summed E-state index contributed by atoms with van der Waals surface area (Å²) < 4.78 is 37.9. The Hall–Kier alpha value is -1.46. The van der Waals surface area contributed by atoms with E-state index in [9.17, 15) is 18.0 Å². The molecule has 20 heavy (non-hydrogen) atoms. The van der Waals surface area contributed by atoms with Gasteiger partial charge in [-0.05, 0) is 41.9 Å². The molecule has 0 aliphatic rings. The van der Waals surface area contributed by atoms with Crippen molar-refractivity contribution >= 4 is 28.6 Å². The zero-order chi connectivity index (χ0) is 14.8. The highest BCUT2D eigenvalue weighted by atomic mass is 35.5. The molecule has 0 fully saturated rings. The van der Waals surface area contributed by atoms with Crippen LogP contribution in [0.5, 0.6) is 0 Å². The highest BCUT2D eigenvalue weighted by Crippen LogP contribution is 2.35. The van der Waals surface area contributed by atoms with Crippen LogP contribution in [0.1, 0.15) is 15.9 Å². The minimum atomic E-state index is -4.39. The molecule has 0 heterocycles. The highest BCUT2D eigenvalue weighted by molar-refractivity contribution is 7.99. The topological polar surface area (TPSA) is 17.1 Å². The van der Waals surface area contributed by atoms with Crippen LogP contribution in [-0.4, -0.2) is 5.24 Å². The van der Waals surface area contributed by atoms with Crippen LogP contribution in [0, 0.1) is 0 Å². The summed E-state index contributed by atoms with van der Waals surface area (Å²) in [7, 11) is 0. The SMILES string of the molecule is O=C(Cl)c1ccccc1Sc1cccc(C(F)(F)F)c1. The van der Waals surface area contributed by atoms with Crippen molar-refractivity contribution < 1.29 is 18.0 Å². The molecule has 0 amide bonds. The molecule has 0 spiro atoms. The molecule has 2 aromatic rings. The van der Waals surface area contributed by atoms with Gasteiger partial charge in [0, 0.05) is 15.4 Å². The van der Waals surface area contributed by atoms with Gasteiger partial charge in [0.25, 0.3) is 5.24 Å². The van der Waals surface area contributed by atoms with Crippen LogP contribution in [0.4, 0.5) is 13.2 Å². The van der Waals surface area contributed by atoms with Crippen molar-refractivity contribution in [2.45, 2.75) is 16.0 Å². The Morgan fingerprint density at radius 2 is 1.75 bits per heavy atom. The molecule has 0 saturated heterocycles. The van der Waals surface area contributed by atoms with Gasteiger partial charge in [-0.1, -0.05) is 30.0 Å². The quantitative estimate of drug-likeness (QED) is 0.721. The van der Waals surface area contributed by atoms with E-state index in [0.717, 1.165) is 23.9 Å². The monoisotopic (exact) mass is 316 g/mol. The Labute approximate surface area is 122 Å². The van der Waals surface area contributed by atoms with Gasteiger partial charge in [0.2, 0.25) is 0 Å². The van der Waals surface area contributed by atoms with Gasteiger partial charge in [-0.3, -0.25) is 4.79 Å². The molecule has 1 nitrogen and oxygen atoms in total. The number of carbonyl (C=O) groups excluding carboxylic acids is 1. The summed E-state index contributed by atoms with van der Waals surface area (Å²) in [5.41, 5.74) is -0.450. The third kappa shape index (κ3) is 3.55. The van der Waals surface area contributed by atoms with E-state index in [1.54, 1.807) is 24.3 Å². The van der Waals surface area contributed by atoms with Crippen LogP contribution < -0.4 is 0 Å². The van der Waals surface area contributed by atoms with Gasteiger partial charge >= 0.3 is 6.18 Å². The molecule has 0 aromatic heterocycles. The van der Waals surface area contributed by atoms with Crippen LogP contribution in [0.25, 0.3) is 0 Å². The summed E-state index contributed by atoms with van der Waals surface area (Å²) in [5.74, 6) is 0. The number of carbonyl (C=O) groups is 1. The van der Waals surface area contributed by atoms with Crippen LogP contribution in [0.15, 0.2) is 58.3 Å². The van der Waals surface area contributed by atoms with Crippen molar-refractivity contribution in [3.63, 3.8) is 0 Å². The molecule has 104 valence electrons. The maximum absolute atomic E-state index is 12.6. The van der Waals surface area contributed by atoms with E-state index in [-0.39, 0.29) is 5.56 Å². The number of hydrogen-bond acceptors (Lipinski definition) is 2. The summed E-state index contributed by atoms with van der Waals surface area (Å²) >= 11 is 6.51. The summed E-state index contributed by atoms with van der Waals surface area (Å²) in [6.45, 7) is 0. The number of benzene rings is 2. The van der Waals surface area contributed by atoms with Crippen molar-refractivity contribution in [2.24, 2.45) is 0 Å². The average molecular weight is 317 g/mol. The number of halogens is 4. The highest BCUT2D eigenvalue weighted by Gasteiger charge is 2.30. The van der Waals surface area contributed by atoms with E-state index in [2.05, 4.69) is 0 Å². The molecule has 0 aliphatic heterocycles. The van der Waals surface area contributed by atoms with Crippen LogP contribution in [0.3, 0.4) is 0 Å². The minimum absolute atomic E-state index is 0.275. The molecule has 0 aliphatic carbocycles. The third-order valence-corrected chi connectivity index (χ3v) is 3.76. The van der Waals surface area contributed by atoms with E-state index >= 15 is 0 Å². The molecule has 0 unspecified atom stereocenters. The lowest BCUT2D eigenvalue weighted by molar-refractivity contribution is -0.137. The summed E-state index contributed by atoms with van der Waals surface area (Å²) in [5, 5.41) is -0.639. The standard InChI is InChI=1S/C14H8ClF3OS/c15-13(19)11-6-1-2-7-12(11)20-10-5-3-4-9(8-10)14(16,17)18/h1-8H. The van der Waals surface area contributed by atoms with Crippen molar-refractivity contribution in [3.05, 3.63) is 59.7 Å². The van der Waals surface area contributed by atoms with Crippen molar-refractivity contribution in [1.29, 1.82) is 0 Å². The smallest absolute Gasteiger partial charge is 0.276 e. The van der Waals surface area contributed by atoms with Gasteiger partial charge in [-0.25, -0.2) is 0 Å². The van der Waals surface area contributed by atoms with E-state index in [1.807, 2.05) is 0 Å². The first-order valence-electron chi connectivity index (χ1n) is 5.52. The number of alkyl halides is 3. The minimum Gasteiger partial charge on any atom is -0.276 e. The Balaban J connectivity index is 2.34. The molecule has 0 radical (unpaired) electrons. The fourth-order valence-electron chi connectivity index (χ4n) is 1.58. The second-order valence-corrected chi connectivity index (χ2v) is 5.36. The van der Waals surface area contributed by atoms with Crippen LogP contribution in [-0.2, 0) is 6.18 Å². The Kier molecular flexibility index (Phi) is 4.40. The number of rotatable bonds is 3. The fourth-order valence-corrected chi connectivity index (χ4v) is 2.81. The first-order chi connectivity index (χ1) is 9.38. The van der Waals surface area contributed by atoms with Crippen molar-refractivity contribution in [1.82, 2.24) is 0 Å². The van der Waals surface area contributed by atoms with Gasteiger partial charge < -0.3 is 0 Å². The average Bonchev–Trinajstić information content (AvgIpc) is 2.38. The Bertz CT molecular complexity index is 640. The summed E-state index contributed by atoms with van der Waals surface area (Å²) in [6, 6.07) is 11.4. The second-order valence-electron chi connectivity index (χ2n) is 3.90. The lowest BCUT2D eigenvalue weighted by Crippen LogP contribution is -2.04. The molecule has 6 heteroatoms. The molecule has 2 rings (SSSR count). The molecular weight excluding hydrogens is 309 g/mol. The van der Waals surface area contributed by atoms with Crippen molar-refractivity contribution in [3.8, 4) is 0 Å². The molecule has 0 N–H and O–H groups in total. The molecular formula is C14H8ClF3OS. The molecule has 2 aromatic carbocycles. The maximum atomic E-state index is 12.6. The van der Waals surface area contributed by atoms with Gasteiger partial charge in [0.1, 0.15) is 0 Å². The largest absolute Gasteiger partial charge is 0.416 e. The lowest BCUT2D eigenvalue weighted by atomic mass is 10.2. The van der Waals surface area contributed by atoms with E-state index in [0.29, 0.717) is 9.79 Å². The summed E-state index contributed by atoms with van der Waals surface area (Å²) in [6.07, 6.45) is -4.39. The van der Waals surface area contributed by atoms with Crippen molar-refractivity contribution in [2.75, 3.05) is 0 Å². The molecule has 0 atom stereocenters. The van der Waals surface area contributed by atoms with Gasteiger partial charge in [-0.15, -0.1) is 0 Å². The maximum Gasteiger partial charge on any atom is 0.416 e. The normalized spacial score (nSPS) is 11.4. The molecule has 0 saturated carbocycles. The number of hydrogen-bond donors (Lipinski definition) is 0. The van der Waals surface area contributed by atoms with Gasteiger partial charge in [0.05, 0.1) is 5.56 Å². The van der Waals surface area contributed by atoms with E-state index < -0.39 is 17.0 Å². The lowest BCUT2D eigenvalue weighted by Gasteiger charge is -2.09. The zero-order valence-corrected chi connectivity index (χ0v) is 11.5.